The van der Waals surface area contributed by atoms with Crippen molar-refractivity contribution < 1.29 is 10.0 Å². The quantitative estimate of drug-likeness (QED) is 0.277. The molecule has 0 aromatic carbocycles. The van der Waals surface area contributed by atoms with Crippen molar-refractivity contribution in [2.24, 2.45) is 21.7 Å². The van der Waals surface area contributed by atoms with E-state index < -0.39 is 5.41 Å². The SMILES string of the molecule is CCCC(CCC)(C(=O)NCC1(C)CCC1)C(N)=NO. The van der Waals surface area contributed by atoms with Crippen molar-refractivity contribution in [2.45, 2.75) is 65.7 Å². The highest BCUT2D eigenvalue weighted by Gasteiger charge is 2.42. The smallest absolute Gasteiger partial charge is 0.233 e. The molecule has 1 fully saturated rings. The molecule has 0 aromatic heterocycles. The van der Waals surface area contributed by atoms with Crippen molar-refractivity contribution in [3.8, 4) is 0 Å². The minimum absolute atomic E-state index is 0.0393. The minimum atomic E-state index is -0.863. The maximum absolute atomic E-state index is 12.6. The molecule has 0 heterocycles. The third kappa shape index (κ3) is 3.44. The fourth-order valence-corrected chi connectivity index (χ4v) is 3.09. The highest BCUT2D eigenvalue weighted by molar-refractivity contribution is 6.06. The summed E-state index contributed by atoms with van der Waals surface area (Å²) >= 11 is 0. The first-order valence-electron chi connectivity index (χ1n) is 7.70. The van der Waals surface area contributed by atoms with Gasteiger partial charge in [0.25, 0.3) is 0 Å². The lowest BCUT2D eigenvalue weighted by Gasteiger charge is -2.40. The second-order valence-corrected chi connectivity index (χ2v) is 6.41. The third-order valence-electron chi connectivity index (χ3n) is 4.62. The number of amides is 1. The zero-order valence-electron chi connectivity index (χ0n) is 13.0. The Labute approximate surface area is 122 Å². The lowest BCUT2D eigenvalue weighted by Crippen LogP contribution is -2.52. The van der Waals surface area contributed by atoms with Crippen molar-refractivity contribution in [1.82, 2.24) is 5.32 Å². The van der Waals surface area contributed by atoms with Crippen LogP contribution in [0, 0.1) is 10.8 Å². The summed E-state index contributed by atoms with van der Waals surface area (Å²) in [4.78, 5) is 12.6. The predicted octanol–water partition coefficient (Wildman–Crippen LogP) is 2.63. The van der Waals surface area contributed by atoms with Crippen LogP contribution in [-0.2, 0) is 4.79 Å². The Morgan fingerprint density at radius 3 is 2.25 bits per heavy atom. The summed E-state index contributed by atoms with van der Waals surface area (Å²) in [6, 6.07) is 0. The largest absolute Gasteiger partial charge is 0.409 e. The van der Waals surface area contributed by atoms with Crippen LogP contribution < -0.4 is 11.1 Å². The van der Waals surface area contributed by atoms with E-state index in [1.807, 2.05) is 13.8 Å². The molecular formula is C15H29N3O2. The number of carbonyl (C=O) groups excluding carboxylic acids is 1. The van der Waals surface area contributed by atoms with Crippen molar-refractivity contribution >= 4 is 11.7 Å². The van der Waals surface area contributed by atoms with Crippen LogP contribution in [0.25, 0.3) is 0 Å². The molecule has 1 aliphatic rings. The standard InChI is InChI=1S/C15H29N3O2/c1-4-7-15(8-5-2,12(16)18-20)13(19)17-11-14(3)9-6-10-14/h20H,4-11H2,1-3H3,(H2,16,18)(H,17,19). The topological polar surface area (TPSA) is 87.7 Å². The summed E-state index contributed by atoms with van der Waals surface area (Å²) in [5, 5.41) is 15.2. The van der Waals surface area contributed by atoms with E-state index in [9.17, 15) is 4.79 Å². The second kappa shape index (κ2) is 6.95. The van der Waals surface area contributed by atoms with Crippen molar-refractivity contribution in [3.63, 3.8) is 0 Å². The van der Waals surface area contributed by atoms with E-state index in [1.54, 1.807) is 0 Å². The summed E-state index contributed by atoms with van der Waals surface area (Å²) in [6.07, 6.45) is 6.42. The minimum Gasteiger partial charge on any atom is -0.409 e. The van der Waals surface area contributed by atoms with Gasteiger partial charge < -0.3 is 16.3 Å². The number of carbonyl (C=O) groups is 1. The molecule has 116 valence electrons. The van der Waals surface area contributed by atoms with Crippen LogP contribution in [0.4, 0.5) is 0 Å². The molecule has 0 radical (unpaired) electrons. The van der Waals surface area contributed by atoms with Crippen LogP contribution >= 0.6 is 0 Å². The first-order valence-corrected chi connectivity index (χ1v) is 7.70. The van der Waals surface area contributed by atoms with Crippen LogP contribution in [0.1, 0.15) is 65.7 Å². The molecule has 1 amide bonds. The molecule has 0 unspecified atom stereocenters. The number of nitrogens with zero attached hydrogens (tertiary/aromatic N) is 1. The molecule has 20 heavy (non-hydrogen) atoms. The summed E-state index contributed by atoms with van der Waals surface area (Å²) in [5.41, 5.74) is 5.21. The fourth-order valence-electron chi connectivity index (χ4n) is 3.09. The number of oxime groups is 1. The Morgan fingerprint density at radius 2 is 1.90 bits per heavy atom. The van der Waals surface area contributed by atoms with Crippen LogP contribution in [-0.4, -0.2) is 23.5 Å². The van der Waals surface area contributed by atoms with Crippen LogP contribution in [0.3, 0.4) is 0 Å². The van der Waals surface area contributed by atoms with Gasteiger partial charge in [0.05, 0.1) is 0 Å². The molecule has 0 atom stereocenters. The first kappa shape index (κ1) is 16.8. The van der Waals surface area contributed by atoms with Gasteiger partial charge in [-0.2, -0.15) is 0 Å². The summed E-state index contributed by atoms with van der Waals surface area (Å²) in [5.74, 6) is -0.0536. The average molecular weight is 283 g/mol. The molecule has 0 aliphatic heterocycles. The van der Waals surface area contributed by atoms with E-state index in [4.69, 9.17) is 10.9 Å². The van der Waals surface area contributed by atoms with Gasteiger partial charge in [-0.05, 0) is 31.1 Å². The van der Waals surface area contributed by atoms with E-state index in [-0.39, 0.29) is 17.2 Å². The van der Waals surface area contributed by atoms with Gasteiger partial charge in [0, 0.05) is 6.54 Å². The van der Waals surface area contributed by atoms with Crippen LogP contribution in [0.15, 0.2) is 5.16 Å². The van der Waals surface area contributed by atoms with Crippen LogP contribution in [0.2, 0.25) is 0 Å². The van der Waals surface area contributed by atoms with Gasteiger partial charge in [-0.15, -0.1) is 0 Å². The molecule has 5 nitrogen and oxygen atoms in total. The molecule has 5 heteroatoms. The number of rotatable bonds is 8. The number of hydrogen-bond acceptors (Lipinski definition) is 3. The monoisotopic (exact) mass is 283 g/mol. The Balaban J connectivity index is 2.81. The van der Waals surface area contributed by atoms with Crippen molar-refractivity contribution in [3.05, 3.63) is 0 Å². The fraction of sp³-hybridized carbons (Fsp3) is 0.867. The van der Waals surface area contributed by atoms with Crippen LogP contribution in [0.5, 0.6) is 0 Å². The van der Waals surface area contributed by atoms with E-state index in [1.165, 1.54) is 6.42 Å². The molecule has 0 saturated heterocycles. The van der Waals surface area contributed by atoms with E-state index >= 15 is 0 Å². The predicted molar refractivity (Wildman–Crippen MR) is 80.6 cm³/mol. The van der Waals surface area contributed by atoms with Gasteiger partial charge in [-0.1, -0.05) is 45.2 Å². The van der Waals surface area contributed by atoms with Gasteiger partial charge in [-0.25, -0.2) is 0 Å². The molecule has 0 bridgehead atoms. The summed E-state index contributed by atoms with van der Waals surface area (Å²) in [7, 11) is 0. The van der Waals surface area contributed by atoms with E-state index in [0.29, 0.717) is 19.4 Å². The van der Waals surface area contributed by atoms with Gasteiger partial charge >= 0.3 is 0 Å². The van der Waals surface area contributed by atoms with Gasteiger partial charge in [0.2, 0.25) is 5.91 Å². The van der Waals surface area contributed by atoms with Crippen molar-refractivity contribution in [1.29, 1.82) is 0 Å². The maximum atomic E-state index is 12.6. The molecule has 0 spiro atoms. The van der Waals surface area contributed by atoms with Gasteiger partial charge in [-0.3, -0.25) is 4.79 Å². The molecule has 1 saturated carbocycles. The molecule has 0 aromatic rings. The van der Waals surface area contributed by atoms with E-state index in [2.05, 4.69) is 17.4 Å². The normalized spacial score (nSPS) is 18.4. The number of nitrogens with one attached hydrogen (secondary N) is 1. The average Bonchev–Trinajstić information content (AvgIpc) is 2.41. The summed E-state index contributed by atoms with van der Waals surface area (Å²) < 4.78 is 0. The van der Waals surface area contributed by atoms with E-state index in [0.717, 1.165) is 25.7 Å². The van der Waals surface area contributed by atoms with Gasteiger partial charge in [0.1, 0.15) is 5.41 Å². The van der Waals surface area contributed by atoms with Crippen molar-refractivity contribution in [2.75, 3.05) is 6.54 Å². The maximum Gasteiger partial charge on any atom is 0.233 e. The first-order chi connectivity index (χ1) is 9.44. The highest BCUT2D eigenvalue weighted by atomic mass is 16.4. The highest BCUT2D eigenvalue weighted by Crippen LogP contribution is 2.40. The molecule has 1 aliphatic carbocycles. The number of nitrogens with two attached hydrogens (primary N) is 1. The Kier molecular flexibility index (Phi) is 5.84. The molecule has 1 rings (SSSR count). The second-order valence-electron chi connectivity index (χ2n) is 6.41. The lowest BCUT2D eigenvalue weighted by molar-refractivity contribution is -0.129. The number of amidine groups is 1. The molecular weight excluding hydrogens is 254 g/mol. The Bertz CT molecular complexity index is 356. The summed E-state index contributed by atoms with van der Waals surface area (Å²) in [6.45, 7) is 6.90. The Hall–Kier alpha value is -1.26. The van der Waals surface area contributed by atoms with Gasteiger partial charge in [0.15, 0.2) is 5.84 Å². The third-order valence-corrected chi connectivity index (χ3v) is 4.62. The zero-order chi connectivity index (χ0) is 15.2. The Morgan fingerprint density at radius 1 is 1.35 bits per heavy atom. The zero-order valence-corrected chi connectivity index (χ0v) is 13.0. The number of hydrogen-bond donors (Lipinski definition) is 3. The molecule has 4 N–H and O–H groups in total. The lowest BCUT2D eigenvalue weighted by atomic mass is 9.70.